The number of amides is 1. The summed E-state index contributed by atoms with van der Waals surface area (Å²) in [5.41, 5.74) is 7.38. The highest BCUT2D eigenvalue weighted by molar-refractivity contribution is 5.93. The number of nitrogens with one attached hydrogen (secondary N) is 1. The van der Waals surface area contributed by atoms with Crippen molar-refractivity contribution in [3.05, 3.63) is 36.9 Å². The Hall–Kier alpha value is -2.18. The smallest absolute Gasteiger partial charge is 0.231 e. The minimum absolute atomic E-state index is 0.121. The first-order valence-corrected chi connectivity index (χ1v) is 6.37. The van der Waals surface area contributed by atoms with Gasteiger partial charge in [-0.1, -0.05) is 12.1 Å². The van der Waals surface area contributed by atoms with Gasteiger partial charge in [-0.25, -0.2) is 4.98 Å². The summed E-state index contributed by atoms with van der Waals surface area (Å²) in [5, 5.41) is 2.86. The van der Waals surface area contributed by atoms with Crippen LogP contribution in [0.5, 0.6) is 0 Å². The Labute approximate surface area is 115 Å². The van der Waals surface area contributed by atoms with Gasteiger partial charge in [-0.05, 0) is 12.1 Å². The number of anilines is 1. The van der Waals surface area contributed by atoms with E-state index in [0.29, 0.717) is 24.7 Å². The molecule has 3 rings (SSSR count). The number of aromatic nitrogens is 1. The average Bonchev–Trinajstić information content (AvgIpc) is 3.09. The summed E-state index contributed by atoms with van der Waals surface area (Å²) in [7, 11) is 0. The number of hydrogen-bond acceptors (Lipinski definition) is 5. The van der Waals surface area contributed by atoms with Crippen molar-refractivity contribution in [2.45, 2.75) is 6.04 Å². The molecule has 104 valence electrons. The van der Waals surface area contributed by atoms with Crippen LogP contribution in [0.25, 0.3) is 11.3 Å². The number of carbonyl (C=O) groups excluding carboxylic acids is 1. The van der Waals surface area contributed by atoms with Crippen molar-refractivity contribution in [1.29, 1.82) is 0 Å². The van der Waals surface area contributed by atoms with Gasteiger partial charge in [0.25, 0.3) is 0 Å². The standard InChI is InChI=1S/C14H15N3O3/c15-12-7-19-6-11(12)14(18)17-10-3-1-2-9(4-10)13-5-16-8-20-13/h1-5,8,11-12H,6-7,15H2,(H,17,18). The summed E-state index contributed by atoms with van der Waals surface area (Å²) >= 11 is 0. The number of carbonyl (C=O) groups is 1. The maximum atomic E-state index is 12.1. The minimum Gasteiger partial charge on any atom is -0.444 e. The van der Waals surface area contributed by atoms with Gasteiger partial charge in [0.2, 0.25) is 5.91 Å². The van der Waals surface area contributed by atoms with Gasteiger partial charge in [0.05, 0.1) is 25.3 Å². The first-order valence-electron chi connectivity index (χ1n) is 6.37. The molecule has 6 heteroatoms. The number of nitrogens with two attached hydrogens (primary N) is 1. The van der Waals surface area contributed by atoms with Gasteiger partial charge in [0.15, 0.2) is 12.2 Å². The van der Waals surface area contributed by atoms with Crippen molar-refractivity contribution in [2.75, 3.05) is 18.5 Å². The number of nitrogens with zero attached hydrogens (tertiary/aromatic N) is 1. The Balaban J connectivity index is 1.74. The summed E-state index contributed by atoms with van der Waals surface area (Å²) < 4.78 is 10.4. The zero-order valence-corrected chi connectivity index (χ0v) is 10.8. The predicted octanol–water partition coefficient (Wildman–Crippen LogP) is 1.25. The van der Waals surface area contributed by atoms with Gasteiger partial charge >= 0.3 is 0 Å². The summed E-state index contributed by atoms with van der Waals surface area (Å²) in [5.74, 6) is 0.232. The van der Waals surface area contributed by atoms with Crippen molar-refractivity contribution in [2.24, 2.45) is 11.7 Å². The third-order valence-corrected chi connectivity index (χ3v) is 3.31. The first-order chi connectivity index (χ1) is 9.74. The second-order valence-corrected chi connectivity index (χ2v) is 4.74. The second-order valence-electron chi connectivity index (χ2n) is 4.74. The highest BCUT2D eigenvalue weighted by atomic mass is 16.5. The SMILES string of the molecule is NC1COCC1C(=O)Nc1cccc(-c2cnco2)c1. The third-order valence-electron chi connectivity index (χ3n) is 3.31. The van der Waals surface area contributed by atoms with Crippen LogP contribution in [0.1, 0.15) is 0 Å². The molecule has 0 saturated carbocycles. The molecule has 1 saturated heterocycles. The van der Waals surface area contributed by atoms with Crippen LogP contribution >= 0.6 is 0 Å². The van der Waals surface area contributed by atoms with E-state index in [1.807, 2.05) is 24.3 Å². The van der Waals surface area contributed by atoms with Crippen LogP contribution in [0.15, 0.2) is 41.3 Å². The molecule has 20 heavy (non-hydrogen) atoms. The molecule has 0 radical (unpaired) electrons. The molecule has 2 atom stereocenters. The Morgan fingerprint density at radius 2 is 2.30 bits per heavy atom. The molecule has 0 aliphatic carbocycles. The Morgan fingerprint density at radius 3 is 3.00 bits per heavy atom. The number of ether oxygens (including phenoxy) is 1. The fraction of sp³-hybridized carbons (Fsp3) is 0.286. The molecule has 2 heterocycles. The molecule has 0 spiro atoms. The van der Waals surface area contributed by atoms with E-state index in [1.165, 1.54) is 6.39 Å². The van der Waals surface area contributed by atoms with E-state index < -0.39 is 0 Å². The van der Waals surface area contributed by atoms with Gasteiger partial charge in [-0.3, -0.25) is 4.79 Å². The molecule has 0 bridgehead atoms. The summed E-state index contributed by atoms with van der Waals surface area (Å²) in [6.07, 6.45) is 3.00. The zero-order chi connectivity index (χ0) is 13.9. The molecule has 1 fully saturated rings. The zero-order valence-electron chi connectivity index (χ0n) is 10.8. The van der Waals surface area contributed by atoms with Crippen LogP contribution in [0, 0.1) is 5.92 Å². The quantitative estimate of drug-likeness (QED) is 0.878. The lowest BCUT2D eigenvalue weighted by atomic mass is 10.0. The lowest BCUT2D eigenvalue weighted by Gasteiger charge is -2.13. The number of hydrogen-bond donors (Lipinski definition) is 2. The van der Waals surface area contributed by atoms with Crippen molar-refractivity contribution in [1.82, 2.24) is 4.98 Å². The van der Waals surface area contributed by atoms with Gasteiger partial charge in [-0.15, -0.1) is 0 Å². The third kappa shape index (κ3) is 2.56. The predicted molar refractivity (Wildman–Crippen MR) is 72.9 cm³/mol. The minimum atomic E-state index is -0.302. The van der Waals surface area contributed by atoms with E-state index >= 15 is 0 Å². The monoisotopic (exact) mass is 273 g/mol. The highest BCUT2D eigenvalue weighted by Crippen LogP contribution is 2.23. The molecule has 3 N–H and O–H groups in total. The summed E-state index contributed by atoms with van der Waals surface area (Å²) in [6.45, 7) is 0.797. The Bertz CT molecular complexity index is 597. The van der Waals surface area contributed by atoms with Gasteiger partial charge < -0.3 is 20.2 Å². The Kier molecular flexibility index (Phi) is 3.49. The van der Waals surface area contributed by atoms with Crippen LogP contribution in [0.4, 0.5) is 5.69 Å². The maximum Gasteiger partial charge on any atom is 0.231 e. The number of rotatable bonds is 3. The largest absolute Gasteiger partial charge is 0.444 e. The summed E-state index contributed by atoms with van der Waals surface area (Å²) in [4.78, 5) is 16.0. The van der Waals surface area contributed by atoms with Crippen LogP contribution in [-0.2, 0) is 9.53 Å². The maximum absolute atomic E-state index is 12.1. The average molecular weight is 273 g/mol. The molecular formula is C14H15N3O3. The molecular weight excluding hydrogens is 258 g/mol. The van der Waals surface area contributed by atoms with Gasteiger partial charge in [0, 0.05) is 17.3 Å². The molecule has 1 amide bonds. The number of benzene rings is 1. The lowest BCUT2D eigenvalue weighted by Crippen LogP contribution is -2.37. The fourth-order valence-corrected chi connectivity index (χ4v) is 2.18. The van der Waals surface area contributed by atoms with Gasteiger partial charge in [-0.2, -0.15) is 0 Å². The van der Waals surface area contributed by atoms with E-state index in [1.54, 1.807) is 6.20 Å². The fourth-order valence-electron chi connectivity index (χ4n) is 2.18. The van der Waals surface area contributed by atoms with Crippen LogP contribution in [-0.4, -0.2) is 30.1 Å². The molecule has 2 unspecified atom stereocenters. The normalized spacial score (nSPS) is 21.9. The van der Waals surface area contributed by atoms with E-state index in [0.717, 1.165) is 5.56 Å². The van der Waals surface area contributed by atoms with E-state index in [9.17, 15) is 4.79 Å². The van der Waals surface area contributed by atoms with Crippen LogP contribution in [0.3, 0.4) is 0 Å². The van der Waals surface area contributed by atoms with E-state index in [4.69, 9.17) is 14.9 Å². The molecule has 1 aromatic heterocycles. The summed E-state index contributed by atoms with van der Waals surface area (Å²) in [6, 6.07) is 7.14. The van der Waals surface area contributed by atoms with E-state index in [-0.39, 0.29) is 17.9 Å². The van der Waals surface area contributed by atoms with Gasteiger partial charge in [0.1, 0.15) is 0 Å². The Morgan fingerprint density at radius 1 is 1.40 bits per heavy atom. The van der Waals surface area contributed by atoms with Crippen LogP contribution < -0.4 is 11.1 Å². The second kappa shape index (κ2) is 5.44. The molecule has 6 nitrogen and oxygen atoms in total. The first kappa shape index (κ1) is 12.8. The molecule has 1 aliphatic rings. The van der Waals surface area contributed by atoms with Crippen molar-refractivity contribution >= 4 is 11.6 Å². The topological polar surface area (TPSA) is 90.4 Å². The van der Waals surface area contributed by atoms with E-state index in [2.05, 4.69) is 10.3 Å². The van der Waals surface area contributed by atoms with Crippen molar-refractivity contribution < 1.29 is 13.9 Å². The van der Waals surface area contributed by atoms with Crippen LogP contribution in [0.2, 0.25) is 0 Å². The van der Waals surface area contributed by atoms with Crippen molar-refractivity contribution in [3.63, 3.8) is 0 Å². The van der Waals surface area contributed by atoms with Crippen molar-refractivity contribution in [3.8, 4) is 11.3 Å². The molecule has 2 aromatic rings. The lowest BCUT2D eigenvalue weighted by molar-refractivity contribution is -0.120. The number of oxazole rings is 1. The molecule has 1 aliphatic heterocycles. The highest BCUT2D eigenvalue weighted by Gasteiger charge is 2.31. The molecule has 1 aromatic carbocycles.